The first kappa shape index (κ1) is 15.2. The lowest BCUT2D eigenvalue weighted by molar-refractivity contribution is -0.113. The van der Waals surface area contributed by atoms with Gasteiger partial charge in [0.25, 0.3) is 0 Å². The van der Waals surface area contributed by atoms with Gasteiger partial charge in [0.1, 0.15) is 0 Å². The van der Waals surface area contributed by atoms with E-state index in [-0.39, 0.29) is 5.91 Å². The van der Waals surface area contributed by atoms with E-state index in [1.165, 1.54) is 11.8 Å². The Morgan fingerprint density at radius 1 is 1.10 bits per heavy atom. The quantitative estimate of drug-likeness (QED) is 0.674. The summed E-state index contributed by atoms with van der Waals surface area (Å²) in [6.45, 7) is 0.298. The number of nitrogens with one attached hydrogen (secondary N) is 1. The summed E-state index contributed by atoms with van der Waals surface area (Å²) in [6.07, 6.45) is 0. The minimum Gasteiger partial charge on any atom is -0.324 e. The van der Waals surface area contributed by atoms with Gasteiger partial charge in [-0.2, -0.15) is 0 Å². The van der Waals surface area contributed by atoms with Gasteiger partial charge in [-0.25, -0.2) is 0 Å². The number of rotatable bonds is 4. The molecule has 3 N–H and O–H groups in total. The van der Waals surface area contributed by atoms with Crippen molar-refractivity contribution in [1.29, 1.82) is 0 Å². The number of carbonyl (C=O) groups is 1. The molecule has 0 aliphatic rings. The van der Waals surface area contributed by atoms with Crippen LogP contribution in [0.1, 0.15) is 5.56 Å². The Bertz CT molecular complexity index is 659. The smallest absolute Gasteiger partial charge is 0.234 e. The maximum atomic E-state index is 12.0. The fraction of sp³-hybridized carbons (Fsp3) is 0.118. The summed E-state index contributed by atoms with van der Waals surface area (Å²) >= 11 is 1.50. The van der Waals surface area contributed by atoms with Crippen molar-refractivity contribution in [3.05, 3.63) is 60.2 Å². The summed E-state index contributed by atoms with van der Waals surface area (Å²) in [7, 11) is 0. The van der Waals surface area contributed by atoms with Crippen LogP contribution in [-0.4, -0.2) is 18.2 Å². The molecule has 2 aromatic rings. The lowest BCUT2D eigenvalue weighted by atomic mass is 10.2. The zero-order valence-electron chi connectivity index (χ0n) is 11.5. The van der Waals surface area contributed by atoms with Crippen LogP contribution in [0, 0.1) is 11.8 Å². The normalized spacial score (nSPS) is 9.57. The molecule has 1 amide bonds. The highest BCUT2D eigenvalue weighted by molar-refractivity contribution is 8.00. The van der Waals surface area contributed by atoms with Crippen LogP contribution in [-0.2, 0) is 4.79 Å². The number of nitrogens with two attached hydrogens (primary N) is 1. The van der Waals surface area contributed by atoms with Gasteiger partial charge >= 0.3 is 0 Å². The Kier molecular flexibility index (Phi) is 5.89. The molecule has 0 radical (unpaired) electrons. The number of benzene rings is 2. The monoisotopic (exact) mass is 296 g/mol. The number of anilines is 1. The molecule has 21 heavy (non-hydrogen) atoms. The van der Waals surface area contributed by atoms with Crippen LogP contribution < -0.4 is 11.1 Å². The lowest BCUT2D eigenvalue weighted by Crippen LogP contribution is -2.14. The molecule has 0 atom stereocenters. The molecule has 3 nitrogen and oxygen atoms in total. The maximum Gasteiger partial charge on any atom is 0.234 e. The molecule has 0 aliphatic heterocycles. The van der Waals surface area contributed by atoms with Crippen LogP contribution in [0.15, 0.2) is 59.5 Å². The number of para-hydroxylation sites is 1. The average molecular weight is 296 g/mol. The molecule has 106 valence electrons. The molecule has 0 aliphatic carbocycles. The first-order valence-electron chi connectivity index (χ1n) is 6.55. The van der Waals surface area contributed by atoms with Gasteiger partial charge in [-0.3, -0.25) is 4.79 Å². The lowest BCUT2D eigenvalue weighted by Gasteiger charge is -2.07. The van der Waals surface area contributed by atoms with E-state index >= 15 is 0 Å². The van der Waals surface area contributed by atoms with Crippen molar-refractivity contribution in [2.24, 2.45) is 5.73 Å². The first-order valence-corrected chi connectivity index (χ1v) is 7.54. The van der Waals surface area contributed by atoms with Crippen molar-refractivity contribution in [1.82, 2.24) is 0 Å². The van der Waals surface area contributed by atoms with Gasteiger partial charge in [0.15, 0.2) is 0 Å². The molecular formula is C17H16N2OS. The van der Waals surface area contributed by atoms with Gasteiger partial charge < -0.3 is 11.1 Å². The Morgan fingerprint density at radius 3 is 2.57 bits per heavy atom. The number of carbonyl (C=O) groups excluding carboxylic acids is 1. The molecule has 0 bridgehead atoms. The third-order valence-corrected chi connectivity index (χ3v) is 3.65. The zero-order valence-corrected chi connectivity index (χ0v) is 12.3. The van der Waals surface area contributed by atoms with Gasteiger partial charge in [-0.15, -0.1) is 11.8 Å². The molecule has 0 aromatic heterocycles. The fourth-order valence-electron chi connectivity index (χ4n) is 1.70. The second-order valence-electron chi connectivity index (χ2n) is 4.20. The van der Waals surface area contributed by atoms with Crippen LogP contribution in [0.5, 0.6) is 0 Å². The predicted octanol–water partition coefficient (Wildman–Crippen LogP) is 2.73. The van der Waals surface area contributed by atoms with Crippen molar-refractivity contribution in [2.45, 2.75) is 4.90 Å². The van der Waals surface area contributed by atoms with E-state index in [2.05, 4.69) is 17.2 Å². The standard InChI is InChI=1S/C17H16N2OS/c18-12-6-8-14-7-4-5-11-16(14)19-17(20)13-21-15-9-2-1-3-10-15/h1-5,7,9-11H,12-13,18H2,(H,19,20). The molecule has 0 heterocycles. The Labute approximate surface area is 128 Å². The number of thioether (sulfide) groups is 1. The molecule has 0 saturated heterocycles. The van der Waals surface area contributed by atoms with Crippen LogP contribution >= 0.6 is 11.8 Å². The second-order valence-corrected chi connectivity index (χ2v) is 5.25. The first-order chi connectivity index (χ1) is 10.3. The largest absolute Gasteiger partial charge is 0.324 e. The third-order valence-electron chi connectivity index (χ3n) is 2.64. The summed E-state index contributed by atoms with van der Waals surface area (Å²) in [5.41, 5.74) is 6.87. The highest BCUT2D eigenvalue weighted by Gasteiger charge is 2.06. The van der Waals surface area contributed by atoms with E-state index in [1.807, 2.05) is 54.6 Å². The van der Waals surface area contributed by atoms with Crippen molar-refractivity contribution in [2.75, 3.05) is 17.6 Å². The Hall–Kier alpha value is -2.22. The summed E-state index contributed by atoms with van der Waals surface area (Å²) in [5, 5.41) is 2.89. The fourth-order valence-corrected chi connectivity index (χ4v) is 2.42. The van der Waals surface area contributed by atoms with Gasteiger partial charge in [-0.05, 0) is 24.3 Å². The minimum atomic E-state index is -0.0501. The maximum absolute atomic E-state index is 12.0. The highest BCUT2D eigenvalue weighted by Crippen LogP contribution is 2.18. The summed E-state index contributed by atoms with van der Waals surface area (Å²) in [5.74, 6) is 6.07. The number of hydrogen-bond acceptors (Lipinski definition) is 3. The topological polar surface area (TPSA) is 55.1 Å². The molecular weight excluding hydrogens is 280 g/mol. The number of amides is 1. The van der Waals surface area contributed by atoms with Gasteiger partial charge in [-0.1, -0.05) is 42.2 Å². The summed E-state index contributed by atoms with van der Waals surface area (Å²) < 4.78 is 0. The molecule has 0 fully saturated rings. The average Bonchev–Trinajstić information content (AvgIpc) is 2.53. The van der Waals surface area contributed by atoms with Crippen molar-refractivity contribution < 1.29 is 4.79 Å². The van der Waals surface area contributed by atoms with Crippen molar-refractivity contribution >= 4 is 23.4 Å². The molecule has 2 rings (SSSR count). The minimum absolute atomic E-state index is 0.0501. The SMILES string of the molecule is NCC#Cc1ccccc1NC(=O)CSc1ccccc1. The van der Waals surface area contributed by atoms with Gasteiger partial charge in [0, 0.05) is 10.5 Å². The predicted molar refractivity (Wildman–Crippen MR) is 88.2 cm³/mol. The highest BCUT2D eigenvalue weighted by atomic mass is 32.2. The molecule has 0 spiro atoms. The second kappa shape index (κ2) is 8.15. The van der Waals surface area contributed by atoms with E-state index in [9.17, 15) is 4.79 Å². The Morgan fingerprint density at radius 2 is 1.81 bits per heavy atom. The van der Waals surface area contributed by atoms with Crippen LogP contribution in [0.3, 0.4) is 0 Å². The molecule has 0 unspecified atom stereocenters. The molecule has 2 aromatic carbocycles. The summed E-state index contributed by atoms with van der Waals surface area (Å²) in [6, 6.07) is 17.3. The van der Waals surface area contributed by atoms with E-state index in [0.29, 0.717) is 12.3 Å². The zero-order chi connectivity index (χ0) is 14.9. The van der Waals surface area contributed by atoms with E-state index in [4.69, 9.17) is 5.73 Å². The molecule has 0 saturated carbocycles. The van der Waals surface area contributed by atoms with Crippen molar-refractivity contribution in [3.8, 4) is 11.8 Å². The van der Waals surface area contributed by atoms with Crippen LogP contribution in [0.25, 0.3) is 0 Å². The Balaban J connectivity index is 1.97. The van der Waals surface area contributed by atoms with Gasteiger partial charge in [0.05, 0.1) is 18.0 Å². The molecule has 4 heteroatoms. The van der Waals surface area contributed by atoms with Crippen LogP contribution in [0.2, 0.25) is 0 Å². The van der Waals surface area contributed by atoms with Crippen molar-refractivity contribution in [3.63, 3.8) is 0 Å². The van der Waals surface area contributed by atoms with Crippen LogP contribution in [0.4, 0.5) is 5.69 Å². The third kappa shape index (κ3) is 4.99. The van der Waals surface area contributed by atoms with E-state index in [1.54, 1.807) is 0 Å². The van der Waals surface area contributed by atoms with E-state index < -0.39 is 0 Å². The summed E-state index contributed by atoms with van der Waals surface area (Å²) in [4.78, 5) is 13.1. The number of hydrogen-bond donors (Lipinski definition) is 2. The van der Waals surface area contributed by atoms with Gasteiger partial charge in [0.2, 0.25) is 5.91 Å². The van der Waals surface area contributed by atoms with E-state index in [0.717, 1.165) is 16.1 Å².